The van der Waals surface area contributed by atoms with Crippen LogP contribution in [0.1, 0.15) is 62.0 Å². The Morgan fingerprint density at radius 1 is 1.02 bits per heavy atom. The summed E-state index contributed by atoms with van der Waals surface area (Å²) in [6, 6.07) is 14.1. The number of hydrogen-bond donors (Lipinski definition) is 1. The van der Waals surface area contributed by atoms with E-state index in [0.717, 1.165) is 44.1 Å². The van der Waals surface area contributed by atoms with Crippen molar-refractivity contribution in [3.8, 4) is 16.9 Å². The summed E-state index contributed by atoms with van der Waals surface area (Å²) in [4.78, 5) is 1.78. The number of hydrogen-bond acceptors (Lipinski definition) is 5. The van der Waals surface area contributed by atoms with Crippen molar-refractivity contribution in [1.82, 2.24) is 19.2 Å². The van der Waals surface area contributed by atoms with Crippen LogP contribution in [0.15, 0.2) is 48.5 Å². The van der Waals surface area contributed by atoms with Gasteiger partial charge < -0.3 is 19.1 Å². The minimum Gasteiger partial charge on any atom is -0.493 e. The molecule has 1 unspecified atom stereocenters. The Morgan fingerprint density at radius 2 is 1.81 bits per heavy atom. The first-order valence-electron chi connectivity index (χ1n) is 16.7. The highest BCUT2D eigenvalue weighted by Crippen LogP contribution is 2.44. The van der Waals surface area contributed by atoms with Crippen molar-refractivity contribution >= 4 is 33.3 Å². The van der Waals surface area contributed by atoms with E-state index in [-0.39, 0.29) is 18.9 Å². The largest absolute Gasteiger partial charge is 0.493 e. The van der Waals surface area contributed by atoms with E-state index in [1.165, 1.54) is 12.1 Å². The van der Waals surface area contributed by atoms with Gasteiger partial charge in [0.25, 0.3) is 6.43 Å². The third-order valence-electron chi connectivity index (χ3n) is 9.21. The number of alkyl halides is 2. The molecule has 3 heterocycles. The Bertz CT molecular complexity index is 1910. The highest BCUT2D eigenvalue weighted by atomic mass is 35.5. The molecule has 1 aliphatic heterocycles. The zero-order valence-electron chi connectivity index (χ0n) is 27.6. The van der Waals surface area contributed by atoms with Crippen LogP contribution in [-0.2, 0) is 37.7 Å². The predicted octanol–water partition coefficient (Wildman–Crippen LogP) is 8.45. The van der Waals surface area contributed by atoms with Gasteiger partial charge in [0.15, 0.2) is 6.29 Å². The molecule has 0 saturated carbocycles. The first-order chi connectivity index (χ1) is 23.2. The van der Waals surface area contributed by atoms with Gasteiger partial charge in [-0.05, 0) is 86.9 Å². The normalized spacial score (nSPS) is 14.9. The lowest BCUT2D eigenvalue weighted by molar-refractivity contribution is -0.103. The summed E-state index contributed by atoms with van der Waals surface area (Å²) >= 11 is 7.09. The molecule has 2 aromatic heterocycles. The minimum atomic E-state index is -2.46. The molecule has 1 aliphatic rings. The van der Waals surface area contributed by atoms with Crippen molar-refractivity contribution < 1.29 is 27.8 Å². The van der Waals surface area contributed by atoms with Gasteiger partial charge in [-0.3, -0.25) is 9.58 Å². The molecule has 5 aromatic rings. The second-order valence-electron chi connectivity index (χ2n) is 12.3. The molecule has 0 aliphatic carbocycles. The minimum absolute atomic E-state index is 0.278. The standard InChI is InChI=1S/C37H42ClF3N4O3/c1-4-30-34-29(42-43(30)3)21-44(22-32(40)41)17-6-7-18-45-35-27(15-16-28(38)33(34)35)26(36(45)37(46)47-5-2)11-9-19-48-31-12-8-10-23-20-24(39)13-14-25(23)31/h8,10,12-16,20,32,37,46H,4-7,9,11,17-19,21-22H2,1-3H3. The van der Waals surface area contributed by atoms with Crippen LogP contribution in [0, 0.1) is 5.82 Å². The van der Waals surface area contributed by atoms with Crippen molar-refractivity contribution in [2.45, 2.75) is 71.8 Å². The van der Waals surface area contributed by atoms with Crippen molar-refractivity contribution in [3.05, 3.63) is 82.0 Å². The average Bonchev–Trinajstić information content (AvgIpc) is 3.52. The zero-order chi connectivity index (χ0) is 33.9. The molecule has 11 heteroatoms. The van der Waals surface area contributed by atoms with Crippen LogP contribution in [0.3, 0.4) is 0 Å². The second kappa shape index (κ2) is 14.9. The van der Waals surface area contributed by atoms with Gasteiger partial charge in [0, 0.05) is 54.3 Å². The van der Waals surface area contributed by atoms with E-state index in [4.69, 9.17) is 26.2 Å². The van der Waals surface area contributed by atoms with Crippen LogP contribution in [0.5, 0.6) is 5.75 Å². The summed E-state index contributed by atoms with van der Waals surface area (Å²) in [7, 11) is 1.88. The number of benzene rings is 3. The van der Waals surface area contributed by atoms with Gasteiger partial charge in [-0.2, -0.15) is 5.10 Å². The monoisotopic (exact) mass is 682 g/mol. The maximum atomic E-state index is 13.8. The van der Waals surface area contributed by atoms with Gasteiger partial charge in [-0.1, -0.05) is 36.7 Å². The number of fused-ring (bicyclic) bond motifs is 3. The number of halogens is 4. The molecule has 1 atom stereocenters. The molecule has 0 fully saturated rings. The molecule has 256 valence electrons. The van der Waals surface area contributed by atoms with E-state index in [0.29, 0.717) is 80.6 Å². The van der Waals surface area contributed by atoms with E-state index >= 15 is 0 Å². The molecule has 0 spiro atoms. The molecule has 0 radical (unpaired) electrons. The van der Waals surface area contributed by atoms with Crippen LogP contribution < -0.4 is 4.74 Å². The number of aliphatic hydroxyl groups excluding tert-OH is 1. The molecule has 6 rings (SSSR count). The second-order valence-corrected chi connectivity index (χ2v) is 12.7. The lowest BCUT2D eigenvalue weighted by Gasteiger charge is -2.21. The Kier molecular flexibility index (Phi) is 10.6. The van der Waals surface area contributed by atoms with Gasteiger partial charge >= 0.3 is 0 Å². The number of aromatic nitrogens is 3. The van der Waals surface area contributed by atoms with Gasteiger partial charge in [0.2, 0.25) is 0 Å². The quantitative estimate of drug-likeness (QED) is 0.112. The molecule has 0 saturated heterocycles. The van der Waals surface area contributed by atoms with Gasteiger partial charge in [-0.25, -0.2) is 13.2 Å². The molecular formula is C37H42ClF3N4O3. The van der Waals surface area contributed by atoms with Crippen LogP contribution in [0.4, 0.5) is 13.2 Å². The average molecular weight is 683 g/mol. The lowest BCUT2D eigenvalue weighted by Crippen LogP contribution is -2.30. The van der Waals surface area contributed by atoms with Crippen molar-refractivity contribution in [1.29, 1.82) is 0 Å². The van der Waals surface area contributed by atoms with Crippen LogP contribution in [0.25, 0.3) is 32.8 Å². The van der Waals surface area contributed by atoms with Crippen LogP contribution >= 0.6 is 11.6 Å². The van der Waals surface area contributed by atoms with Gasteiger partial charge in [-0.15, -0.1) is 0 Å². The smallest absolute Gasteiger partial charge is 0.251 e. The van der Waals surface area contributed by atoms with E-state index < -0.39 is 12.7 Å². The summed E-state index contributed by atoms with van der Waals surface area (Å²) in [5.41, 5.74) is 5.82. The Labute approximate surface area is 283 Å². The van der Waals surface area contributed by atoms with Gasteiger partial charge in [0.1, 0.15) is 11.6 Å². The summed E-state index contributed by atoms with van der Waals surface area (Å²) in [5, 5.41) is 19.5. The summed E-state index contributed by atoms with van der Waals surface area (Å²) in [6.07, 6.45) is -0.353. The van der Waals surface area contributed by atoms with E-state index in [1.807, 2.05) is 49.0 Å². The Balaban J connectivity index is 1.45. The SMILES string of the molecule is CCOC(O)c1c(CCCOc2cccc3cc(F)ccc23)c2ccc(Cl)c3c2n1CCCCN(CC(F)F)Cc1nn(C)c(CC)c1-3. The van der Waals surface area contributed by atoms with E-state index in [1.54, 1.807) is 11.0 Å². The molecule has 0 amide bonds. The summed E-state index contributed by atoms with van der Waals surface area (Å²) in [6.45, 7) is 5.59. The topological polar surface area (TPSA) is 64.7 Å². The fraction of sp³-hybridized carbons (Fsp3) is 0.432. The number of rotatable bonds is 11. The fourth-order valence-corrected chi connectivity index (χ4v) is 7.46. The Hall–Kier alpha value is -3.57. The first-order valence-corrected chi connectivity index (χ1v) is 17.1. The molecule has 3 aromatic carbocycles. The van der Waals surface area contributed by atoms with Crippen molar-refractivity contribution in [2.75, 3.05) is 26.3 Å². The summed E-state index contributed by atoms with van der Waals surface area (Å²) in [5.74, 6) is 0.391. The van der Waals surface area contributed by atoms with E-state index in [2.05, 4.69) is 11.5 Å². The lowest BCUT2D eigenvalue weighted by atomic mass is 9.96. The number of nitrogens with zero attached hydrogens (tertiary/aromatic N) is 4. The molecule has 7 nitrogen and oxygen atoms in total. The van der Waals surface area contributed by atoms with Crippen LogP contribution in [0.2, 0.25) is 5.02 Å². The third kappa shape index (κ3) is 6.81. The van der Waals surface area contributed by atoms with Gasteiger partial charge in [0.05, 0.1) is 35.1 Å². The van der Waals surface area contributed by atoms with Crippen molar-refractivity contribution in [3.63, 3.8) is 0 Å². The highest BCUT2D eigenvalue weighted by molar-refractivity contribution is 6.35. The maximum absolute atomic E-state index is 13.8. The number of aryl methyl sites for hydroxylation is 3. The number of ether oxygens (including phenoxy) is 2. The maximum Gasteiger partial charge on any atom is 0.251 e. The molecular weight excluding hydrogens is 641 g/mol. The molecule has 48 heavy (non-hydrogen) atoms. The fourth-order valence-electron chi connectivity index (χ4n) is 7.22. The summed E-state index contributed by atoms with van der Waals surface area (Å²) < 4.78 is 57.2. The van der Waals surface area contributed by atoms with Crippen molar-refractivity contribution in [2.24, 2.45) is 7.05 Å². The van der Waals surface area contributed by atoms with E-state index in [9.17, 15) is 18.3 Å². The third-order valence-corrected chi connectivity index (χ3v) is 9.53. The predicted molar refractivity (Wildman–Crippen MR) is 183 cm³/mol. The van der Waals surface area contributed by atoms with Crippen LogP contribution in [-0.4, -0.2) is 57.1 Å². The molecule has 0 bridgehead atoms. The number of aliphatic hydroxyl groups is 1. The highest BCUT2D eigenvalue weighted by Gasteiger charge is 2.30. The Morgan fingerprint density at radius 3 is 2.58 bits per heavy atom. The first kappa shape index (κ1) is 34.3. The molecule has 1 N–H and O–H groups in total. The zero-order valence-corrected chi connectivity index (χ0v) is 28.4.